The standard InChI is InChI=1S/C27H40O6/c1-14-11-19(12-15(2)28)24-25(31)23-16(3)20(32-17(4)29)9-10-27(23,8)13-21(33-18(5)30)22(14)26(24,6)7/h19-21,23-25,31H,3,9-13H2,1-2,4-8H3/t19-,20+,21+,23+,24+,25+,27+/m1/s1. The van der Waals surface area contributed by atoms with Gasteiger partial charge in [-0.15, -0.1) is 0 Å². The third-order valence-electron chi connectivity index (χ3n) is 8.45. The minimum Gasteiger partial charge on any atom is -0.458 e. The number of aliphatic hydroxyl groups is 1. The summed E-state index contributed by atoms with van der Waals surface area (Å²) in [6.45, 7) is 17.1. The number of Topliss-reactive ketones (excluding diaryl/α,β-unsaturated/α-hetero) is 1. The molecule has 0 radical (unpaired) electrons. The highest BCUT2D eigenvalue weighted by Gasteiger charge is 2.59. The largest absolute Gasteiger partial charge is 0.458 e. The van der Waals surface area contributed by atoms with Gasteiger partial charge in [-0.25, -0.2) is 0 Å². The normalized spacial score (nSPS) is 38.0. The molecule has 3 aliphatic carbocycles. The fourth-order valence-electron chi connectivity index (χ4n) is 7.59. The van der Waals surface area contributed by atoms with Gasteiger partial charge in [0.1, 0.15) is 18.0 Å². The van der Waals surface area contributed by atoms with Crippen LogP contribution < -0.4 is 0 Å². The van der Waals surface area contributed by atoms with E-state index in [4.69, 9.17) is 9.47 Å². The zero-order valence-corrected chi connectivity index (χ0v) is 21.2. The summed E-state index contributed by atoms with van der Waals surface area (Å²) in [6, 6.07) is 0. The number of carbonyl (C=O) groups excluding carboxylic acids is 3. The summed E-state index contributed by atoms with van der Waals surface area (Å²) in [5.74, 6) is -1.19. The van der Waals surface area contributed by atoms with Crippen LogP contribution in [0.15, 0.2) is 23.3 Å². The van der Waals surface area contributed by atoms with Crippen molar-refractivity contribution in [3.05, 3.63) is 23.3 Å². The van der Waals surface area contributed by atoms with Gasteiger partial charge in [-0.1, -0.05) is 32.9 Å². The second-order valence-electron chi connectivity index (χ2n) is 11.4. The van der Waals surface area contributed by atoms with Crippen molar-refractivity contribution in [1.29, 1.82) is 0 Å². The zero-order chi connectivity index (χ0) is 24.9. The highest BCUT2D eigenvalue weighted by Crippen LogP contribution is 2.61. The summed E-state index contributed by atoms with van der Waals surface area (Å²) in [5, 5.41) is 12.0. The Labute approximate surface area is 197 Å². The second kappa shape index (κ2) is 9.01. The molecule has 0 amide bonds. The Bertz CT molecular complexity index is 883. The van der Waals surface area contributed by atoms with Crippen LogP contribution in [0.3, 0.4) is 0 Å². The molecular weight excluding hydrogens is 420 g/mol. The molecule has 3 rings (SSSR count). The summed E-state index contributed by atoms with van der Waals surface area (Å²) in [6.07, 6.45) is 1.35. The van der Waals surface area contributed by atoms with Gasteiger partial charge >= 0.3 is 11.9 Å². The van der Waals surface area contributed by atoms with Gasteiger partial charge in [0.15, 0.2) is 0 Å². The molecule has 0 aromatic carbocycles. The summed E-state index contributed by atoms with van der Waals surface area (Å²) < 4.78 is 11.5. The number of ketones is 1. The molecule has 2 saturated carbocycles. The summed E-state index contributed by atoms with van der Waals surface area (Å²) in [5.41, 5.74) is 2.06. The first-order chi connectivity index (χ1) is 15.2. The van der Waals surface area contributed by atoms with Crippen LogP contribution in [0.2, 0.25) is 0 Å². The van der Waals surface area contributed by atoms with Crippen LogP contribution in [0.5, 0.6) is 0 Å². The van der Waals surface area contributed by atoms with Gasteiger partial charge in [0.25, 0.3) is 0 Å². The van der Waals surface area contributed by atoms with Gasteiger partial charge in [-0.3, -0.25) is 9.59 Å². The third-order valence-corrected chi connectivity index (χ3v) is 8.45. The maximum atomic E-state index is 12.2. The van der Waals surface area contributed by atoms with Crippen LogP contribution in [-0.2, 0) is 23.9 Å². The lowest BCUT2D eigenvalue weighted by Gasteiger charge is -2.58. The van der Waals surface area contributed by atoms with Crippen LogP contribution in [0, 0.1) is 28.6 Å². The van der Waals surface area contributed by atoms with E-state index in [2.05, 4.69) is 34.3 Å². The van der Waals surface area contributed by atoms with E-state index in [1.165, 1.54) is 13.8 Å². The molecule has 184 valence electrons. The van der Waals surface area contributed by atoms with Gasteiger partial charge in [0.05, 0.1) is 6.10 Å². The fourth-order valence-corrected chi connectivity index (χ4v) is 7.59. The van der Waals surface area contributed by atoms with E-state index >= 15 is 0 Å². The van der Waals surface area contributed by atoms with Crippen LogP contribution >= 0.6 is 0 Å². The van der Waals surface area contributed by atoms with Crippen molar-refractivity contribution < 1.29 is 29.0 Å². The summed E-state index contributed by atoms with van der Waals surface area (Å²) in [4.78, 5) is 36.1. The molecule has 7 atom stereocenters. The van der Waals surface area contributed by atoms with Crippen LogP contribution in [-0.4, -0.2) is 41.1 Å². The third kappa shape index (κ3) is 4.68. The van der Waals surface area contributed by atoms with Crippen LogP contribution in [0.25, 0.3) is 0 Å². The number of ether oxygens (including phenoxy) is 2. The number of fused-ring (bicyclic) bond motifs is 3. The number of aliphatic hydroxyl groups excluding tert-OH is 1. The lowest BCUT2D eigenvalue weighted by Crippen LogP contribution is -2.58. The number of hydrogen-bond donors (Lipinski definition) is 1. The lowest BCUT2D eigenvalue weighted by atomic mass is 9.48. The summed E-state index contributed by atoms with van der Waals surface area (Å²) >= 11 is 0. The molecule has 0 unspecified atom stereocenters. The predicted molar refractivity (Wildman–Crippen MR) is 125 cm³/mol. The highest BCUT2D eigenvalue weighted by molar-refractivity contribution is 5.76. The number of hydrogen-bond acceptors (Lipinski definition) is 6. The first-order valence-corrected chi connectivity index (χ1v) is 12.1. The van der Waals surface area contributed by atoms with Gasteiger partial charge in [0.2, 0.25) is 0 Å². The molecule has 0 aliphatic heterocycles. The minimum atomic E-state index is -0.762. The van der Waals surface area contributed by atoms with E-state index < -0.39 is 29.1 Å². The van der Waals surface area contributed by atoms with Crippen molar-refractivity contribution in [2.45, 2.75) is 98.9 Å². The topological polar surface area (TPSA) is 89.9 Å². The van der Waals surface area contributed by atoms with Gasteiger partial charge in [0, 0.05) is 26.2 Å². The maximum absolute atomic E-state index is 12.2. The molecular formula is C27H40O6. The Balaban J connectivity index is 2.19. The van der Waals surface area contributed by atoms with E-state index in [1.54, 1.807) is 6.92 Å². The van der Waals surface area contributed by atoms with E-state index in [-0.39, 0.29) is 35.5 Å². The number of allylic oxidation sites excluding steroid dienone is 1. The van der Waals surface area contributed by atoms with E-state index in [0.717, 1.165) is 16.7 Å². The molecule has 1 N–H and O–H groups in total. The van der Waals surface area contributed by atoms with Crippen LogP contribution in [0.1, 0.15) is 80.6 Å². The smallest absolute Gasteiger partial charge is 0.303 e. The zero-order valence-electron chi connectivity index (χ0n) is 21.2. The molecule has 6 heteroatoms. The predicted octanol–water partition coefficient (Wildman–Crippen LogP) is 4.54. The van der Waals surface area contributed by atoms with Gasteiger partial charge < -0.3 is 19.4 Å². The average Bonchev–Trinajstić information content (AvgIpc) is 2.61. The Morgan fingerprint density at radius 3 is 2.18 bits per heavy atom. The van der Waals surface area contributed by atoms with Crippen LogP contribution in [0.4, 0.5) is 0 Å². The molecule has 0 aromatic heterocycles. The monoisotopic (exact) mass is 460 g/mol. The Morgan fingerprint density at radius 1 is 1.06 bits per heavy atom. The quantitative estimate of drug-likeness (QED) is 0.489. The van der Waals surface area contributed by atoms with Crippen molar-refractivity contribution in [2.75, 3.05) is 0 Å². The van der Waals surface area contributed by atoms with E-state index in [0.29, 0.717) is 32.1 Å². The van der Waals surface area contributed by atoms with E-state index in [1.807, 2.05) is 0 Å². The first-order valence-electron chi connectivity index (χ1n) is 12.1. The van der Waals surface area contributed by atoms with Crippen molar-refractivity contribution in [1.82, 2.24) is 0 Å². The Morgan fingerprint density at radius 2 is 1.64 bits per heavy atom. The van der Waals surface area contributed by atoms with E-state index in [9.17, 15) is 19.5 Å². The van der Waals surface area contributed by atoms with Crippen molar-refractivity contribution >= 4 is 17.7 Å². The molecule has 0 saturated heterocycles. The average molecular weight is 461 g/mol. The Kier molecular flexibility index (Phi) is 7.01. The molecule has 0 heterocycles. The summed E-state index contributed by atoms with van der Waals surface area (Å²) in [7, 11) is 0. The number of rotatable bonds is 4. The molecule has 2 bridgehead atoms. The van der Waals surface area contributed by atoms with Crippen molar-refractivity contribution in [3.63, 3.8) is 0 Å². The fraction of sp³-hybridized carbons (Fsp3) is 0.741. The molecule has 6 nitrogen and oxygen atoms in total. The molecule has 33 heavy (non-hydrogen) atoms. The molecule has 3 aliphatic rings. The first kappa shape index (κ1) is 25.7. The molecule has 0 aromatic rings. The van der Waals surface area contributed by atoms with Gasteiger partial charge in [-0.2, -0.15) is 0 Å². The number of esters is 2. The second-order valence-corrected chi connectivity index (χ2v) is 11.4. The van der Waals surface area contributed by atoms with Gasteiger partial charge in [-0.05, 0) is 73.3 Å². The molecule has 2 fully saturated rings. The maximum Gasteiger partial charge on any atom is 0.303 e. The minimum absolute atomic E-state index is 0.0292. The Hall–Kier alpha value is -1.95. The highest BCUT2D eigenvalue weighted by atomic mass is 16.5. The molecule has 0 spiro atoms. The lowest BCUT2D eigenvalue weighted by molar-refractivity contribution is -0.158. The SMILES string of the molecule is C=C1[C@@H](OC(C)=O)CC[C@@]2(C)C[C@H](OC(C)=O)C3=C(C)C[C@H](CC(C)=O)[C@@H]([C@@H](O)[C@H]12)C3(C)C. The number of carbonyl (C=O) groups is 3. The van der Waals surface area contributed by atoms with Crippen molar-refractivity contribution in [2.24, 2.45) is 28.6 Å². The van der Waals surface area contributed by atoms with Crippen molar-refractivity contribution in [3.8, 4) is 0 Å².